The Morgan fingerprint density at radius 1 is 0.889 bits per heavy atom. The third-order valence-corrected chi connectivity index (χ3v) is 0. The maximum Gasteiger partial charge on any atom is 0 e. The Labute approximate surface area is 210 Å². The molecule has 0 bridgehead atoms. The molecule has 0 spiro atoms. The van der Waals surface area contributed by atoms with Gasteiger partial charge in [-0.25, -0.2) is 0 Å². The van der Waals surface area contributed by atoms with Crippen LogP contribution >= 0.6 is 23.4 Å². The van der Waals surface area contributed by atoms with E-state index in [-0.39, 0.29) is 216 Å². The number of rotatable bonds is 0. The normalized spacial score (nSPS) is 0. The summed E-state index contributed by atoms with van der Waals surface area (Å²) in [7, 11) is 0. The van der Waals surface area contributed by atoms with E-state index in [4.69, 9.17) is 0 Å². The van der Waals surface area contributed by atoms with E-state index in [1.54, 1.807) is 0 Å². The van der Waals surface area contributed by atoms with Crippen LogP contribution in [0, 0.1) is 0 Å². The molecule has 0 aliphatic rings. The van der Waals surface area contributed by atoms with Crippen LogP contribution in [0.15, 0.2) is 0 Å². The summed E-state index contributed by atoms with van der Waals surface area (Å²) in [5.41, 5.74) is 0. The Kier molecular flexibility index (Phi) is 494. The van der Waals surface area contributed by atoms with Crippen LogP contribution in [0.4, 0.5) is 0 Å². The Bertz CT molecular complexity index is 26.5. The zero-order chi connectivity index (χ0) is 0. The summed E-state index contributed by atoms with van der Waals surface area (Å²) >= 11 is 0. The van der Waals surface area contributed by atoms with E-state index in [1.165, 1.54) is 0 Å². The van der Waals surface area contributed by atoms with E-state index < -0.39 is 0 Å². The van der Waals surface area contributed by atoms with Gasteiger partial charge in [0.2, 0.25) is 0 Å². The molecule has 0 aliphatic carbocycles. The monoisotopic (exact) mass is 302 g/mol. The minimum absolute atomic E-state index is 0. The average molecular weight is 303 g/mol. The molecule has 0 aromatic rings. The molecule has 12 radical (unpaired) electrons. The van der Waals surface area contributed by atoms with Crippen LogP contribution in [-0.4, -0.2) is 176 Å². The van der Waals surface area contributed by atoms with Crippen molar-refractivity contribution in [3.63, 3.8) is 0 Å². The molecule has 0 saturated heterocycles. The Balaban J connectivity index is 0. The molecular weight excluding hydrogens is 298 g/mol. The summed E-state index contributed by atoms with van der Waals surface area (Å²) in [5.74, 6) is 0. The van der Waals surface area contributed by atoms with Crippen LogP contribution in [0.3, 0.4) is 0 Å². The second-order valence-electron chi connectivity index (χ2n) is 0. The molecule has 9 heteroatoms. The first-order valence-electron chi connectivity index (χ1n) is 0. The van der Waals surface area contributed by atoms with Crippen molar-refractivity contribution in [3.8, 4) is 0 Å². The molecular formula is H5CaFeKMg2NaPSSi. The van der Waals surface area contributed by atoms with Gasteiger partial charge in [0.1, 0.15) is 0 Å². The quantitative estimate of drug-likeness (QED) is 0.355. The fraction of sp³-hybridized carbons (Fsp3) is 0. The predicted molar refractivity (Wildman–Crippen MR) is 56.0 cm³/mol. The number of hydrogen-bond acceptors (Lipinski definition) is 0. The third-order valence-electron chi connectivity index (χ3n) is 0. The Morgan fingerprint density at radius 2 is 0.889 bits per heavy atom. The van der Waals surface area contributed by atoms with Crippen molar-refractivity contribution in [3.05, 3.63) is 0 Å². The molecule has 0 saturated carbocycles. The first-order valence-corrected chi connectivity index (χ1v) is 0. The van der Waals surface area contributed by atoms with Crippen molar-refractivity contribution in [2.45, 2.75) is 0 Å². The summed E-state index contributed by atoms with van der Waals surface area (Å²) < 4.78 is 0. The van der Waals surface area contributed by atoms with Crippen LogP contribution in [0.2, 0.25) is 0 Å². The molecule has 0 aromatic carbocycles. The predicted octanol–water partition coefficient (Wildman–Crippen LogP) is -2.12. The molecule has 36 valence electrons. The molecule has 0 rings (SSSR count). The fourth-order valence-corrected chi connectivity index (χ4v) is 0. The van der Waals surface area contributed by atoms with Crippen molar-refractivity contribution in [2.75, 3.05) is 0 Å². The summed E-state index contributed by atoms with van der Waals surface area (Å²) in [4.78, 5) is 0. The van der Waals surface area contributed by atoms with E-state index in [0.29, 0.717) is 0 Å². The summed E-state index contributed by atoms with van der Waals surface area (Å²) in [5, 5.41) is 0. The van der Waals surface area contributed by atoms with Crippen molar-refractivity contribution in [1.29, 1.82) is 0 Å². The molecule has 9 heavy (non-hydrogen) atoms. The van der Waals surface area contributed by atoms with Gasteiger partial charge in [-0.1, -0.05) is 0 Å². The van der Waals surface area contributed by atoms with Gasteiger partial charge < -0.3 is 0 Å². The molecule has 1 unspecified atom stereocenters. The van der Waals surface area contributed by atoms with Gasteiger partial charge in [0, 0.05) is 193 Å². The first-order chi connectivity index (χ1) is 0. The summed E-state index contributed by atoms with van der Waals surface area (Å²) in [6.45, 7) is 0. The molecule has 0 aromatic heterocycles. The first kappa shape index (κ1) is 73.8. The minimum atomic E-state index is 0. The van der Waals surface area contributed by atoms with Gasteiger partial charge in [-0.2, -0.15) is 23.4 Å². The van der Waals surface area contributed by atoms with Crippen LogP contribution in [-0.2, 0) is 17.1 Å². The fourth-order valence-electron chi connectivity index (χ4n) is 0. The summed E-state index contributed by atoms with van der Waals surface area (Å²) in [6, 6.07) is 0. The molecule has 0 amide bonds. The Morgan fingerprint density at radius 3 is 0.889 bits per heavy atom. The standard InChI is InChI=1S/Ca.Fe.K.2Mg.Na.H3P.H2S.Si/h;;;;;;1H3;1H2;. The topological polar surface area (TPSA) is 0 Å². The third kappa shape index (κ3) is 51.9. The molecule has 0 fully saturated rings. The van der Waals surface area contributed by atoms with Crippen molar-refractivity contribution in [1.82, 2.24) is 0 Å². The van der Waals surface area contributed by atoms with E-state index in [9.17, 15) is 0 Å². The van der Waals surface area contributed by atoms with Crippen molar-refractivity contribution < 1.29 is 17.1 Å². The minimum Gasteiger partial charge on any atom is -0.197 e. The molecule has 0 N–H and O–H groups in total. The van der Waals surface area contributed by atoms with Gasteiger partial charge in [-0.15, -0.1) is 0 Å². The maximum atomic E-state index is 0. The second kappa shape index (κ2) is 60.3. The largest absolute Gasteiger partial charge is 0.197 e. The van der Waals surface area contributed by atoms with E-state index in [0.717, 1.165) is 0 Å². The van der Waals surface area contributed by atoms with Gasteiger partial charge in [0.05, 0.1) is 0 Å². The van der Waals surface area contributed by atoms with Crippen molar-refractivity contribution >= 4 is 199 Å². The van der Waals surface area contributed by atoms with E-state index >= 15 is 0 Å². The van der Waals surface area contributed by atoms with Gasteiger partial charge in [0.15, 0.2) is 0 Å². The molecule has 0 aliphatic heterocycles. The average Bonchev–Trinajstić information content (AvgIpc) is 0. The molecule has 1 atom stereocenters. The zero-order valence-corrected chi connectivity index (χ0v) is 20.9. The van der Waals surface area contributed by atoms with Crippen LogP contribution < -0.4 is 0 Å². The van der Waals surface area contributed by atoms with Gasteiger partial charge >= 0.3 is 0 Å². The van der Waals surface area contributed by atoms with Crippen LogP contribution in [0.5, 0.6) is 0 Å². The smallest absolute Gasteiger partial charge is 0 e. The molecule has 0 heterocycles. The summed E-state index contributed by atoms with van der Waals surface area (Å²) in [6.07, 6.45) is 0. The van der Waals surface area contributed by atoms with Crippen molar-refractivity contribution in [2.24, 2.45) is 0 Å². The zero-order valence-electron chi connectivity index (χ0n) is 6.18. The van der Waals surface area contributed by atoms with Gasteiger partial charge in [0.25, 0.3) is 0 Å². The maximum absolute atomic E-state index is 0. The van der Waals surface area contributed by atoms with Crippen LogP contribution in [0.25, 0.3) is 0 Å². The van der Waals surface area contributed by atoms with E-state index in [2.05, 4.69) is 0 Å². The number of hydrogen-bond donors (Lipinski definition) is 0. The molecule has 0 nitrogen and oxygen atoms in total. The van der Waals surface area contributed by atoms with Gasteiger partial charge in [-0.05, 0) is 0 Å². The van der Waals surface area contributed by atoms with E-state index in [1.807, 2.05) is 0 Å². The SMILES string of the molecule is P.S.[Ca].[Fe].[K].[Mg].[Mg].[Na].[Si]. The second-order valence-corrected chi connectivity index (χ2v) is 0. The van der Waals surface area contributed by atoms with Crippen LogP contribution in [0.1, 0.15) is 0 Å². The Hall–Kier alpha value is 6.94. The van der Waals surface area contributed by atoms with Gasteiger partial charge in [-0.3, -0.25) is 0 Å².